The maximum atomic E-state index is 5.44. The van der Waals surface area contributed by atoms with E-state index in [0.29, 0.717) is 17.5 Å². The molecule has 322 valence electrons. The number of fused-ring (bicyclic) bond motifs is 6. The van der Waals surface area contributed by atoms with E-state index >= 15 is 0 Å². The number of rotatable bonds is 8. The molecule has 1 aliphatic rings. The molecule has 12 aromatic rings. The molecule has 0 N–H and O–H groups in total. The van der Waals surface area contributed by atoms with Gasteiger partial charge in [0.25, 0.3) is 0 Å². The Bertz CT molecular complexity index is 3770. The minimum absolute atomic E-state index is 0.564. The van der Waals surface area contributed by atoms with Gasteiger partial charge in [-0.1, -0.05) is 237 Å². The smallest absolute Gasteiger partial charge is 0.164 e. The molecular weight excluding hydrogens is 835 g/mol. The second-order valence-electron chi connectivity index (χ2n) is 17.9. The van der Waals surface area contributed by atoms with Crippen molar-refractivity contribution in [2.24, 2.45) is 0 Å². The lowest BCUT2D eigenvalue weighted by molar-refractivity contribution is 0.768. The number of hydrogen-bond donors (Lipinski definition) is 0. The Balaban J connectivity index is 1.01. The molecule has 13 rings (SSSR count). The molecule has 3 heteroatoms. The van der Waals surface area contributed by atoms with Crippen molar-refractivity contribution >= 4 is 21.5 Å². The van der Waals surface area contributed by atoms with Crippen LogP contribution in [-0.2, 0) is 5.41 Å². The van der Waals surface area contributed by atoms with Gasteiger partial charge in [-0.05, 0) is 107 Å². The molecule has 0 atom stereocenters. The summed E-state index contributed by atoms with van der Waals surface area (Å²) in [6, 6.07) is 93.7. The molecule has 0 amide bonds. The summed E-state index contributed by atoms with van der Waals surface area (Å²) in [4.78, 5) is 16.2. The minimum Gasteiger partial charge on any atom is -0.208 e. The average Bonchev–Trinajstić information content (AvgIpc) is 3.74. The van der Waals surface area contributed by atoms with Gasteiger partial charge in [-0.2, -0.15) is 0 Å². The third-order valence-electron chi connectivity index (χ3n) is 14.0. The minimum atomic E-state index is -0.564. The standard InChI is InChI=1S/C66H43N3/c1-5-18-44(19-6-1)51-40-52(45-20-7-2-8-21-45)42-53(41-51)46-32-36-49(37-33-46)63-67-64(69-65(68-63)59-30-17-23-48-35-34-47-22-13-14-28-56(47)62(48)59)50-38-39-58-57-29-15-16-31-60(57)66(61(58)43-50,54-24-9-3-10-25-54)55-26-11-4-12-27-55/h1-43H. The molecule has 1 heterocycles. The normalized spacial score (nSPS) is 12.5. The predicted octanol–water partition coefficient (Wildman–Crippen LogP) is 16.5. The van der Waals surface area contributed by atoms with E-state index in [0.717, 1.165) is 44.0 Å². The molecule has 0 spiro atoms. The second-order valence-corrected chi connectivity index (χ2v) is 17.9. The Labute approximate surface area is 401 Å². The van der Waals surface area contributed by atoms with Crippen LogP contribution in [-0.4, -0.2) is 15.0 Å². The highest BCUT2D eigenvalue weighted by Crippen LogP contribution is 2.56. The van der Waals surface area contributed by atoms with Crippen LogP contribution in [0.2, 0.25) is 0 Å². The maximum absolute atomic E-state index is 5.44. The monoisotopic (exact) mass is 877 g/mol. The van der Waals surface area contributed by atoms with Crippen LogP contribution in [0.15, 0.2) is 261 Å². The van der Waals surface area contributed by atoms with Crippen LogP contribution in [0.3, 0.4) is 0 Å². The molecule has 0 radical (unpaired) electrons. The van der Waals surface area contributed by atoms with Gasteiger partial charge in [0.2, 0.25) is 0 Å². The highest BCUT2D eigenvalue weighted by Gasteiger charge is 2.46. The van der Waals surface area contributed by atoms with E-state index in [1.165, 1.54) is 61.0 Å². The fourth-order valence-corrected chi connectivity index (χ4v) is 10.8. The second kappa shape index (κ2) is 16.7. The Morgan fingerprint density at radius 3 is 1.35 bits per heavy atom. The zero-order valence-electron chi connectivity index (χ0n) is 37.7. The first-order chi connectivity index (χ1) is 34.2. The van der Waals surface area contributed by atoms with Crippen molar-refractivity contribution in [2.75, 3.05) is 0 Å². The van der Waals surface area contributed by atoms with Crippen molar-refractivity contribution in [3.8, 4) is 78.7 Å². The van der Waals surface area contributed by atoms with Crippen molar-refractivity contribution in [1.82, 2.24) is 15.0 Å². The van der Waals surface area contributed by atoms with Crippen LogP contribution in [0.5, 0.6) is 0 Å². The summed E-state index contributed by atoms with van der Waals surface area (Å²) in [5.41, 5.74) is 16.5. The van der Waals surface area contributed by atoms with Crippen LogP contribution in [0.1, 0.15) is 22.3 Å². The molecule has 0 bridgehead atoms. The summed E-state index contributed by atoms with van der Waals surface area (Å²) >= 11 is 0. The van der Waals surface area contributed by atoms with E-state index in [2.05, 4.69) is 261 Å². The van der Waals surface area contributed by atoms with Crippen LogP contribution in [0.25, 0.3) is 100 Å². The van der Waals surface area contributed by atoms with Gasteiger partial charge in [-0.15, -0.1) is 0 Å². The van der Waals surface area contributed by atoms with E-state index in [9.17, 15) is 0 Å². The van der Waals surface area contributed by atoms with Gasteiger partial charge in [0, 0.05) is 22.1 Å². The van der Waals surface area contributed by atoms with Gasteiger partial charge in [0.05, 0.1) is 5.41 Å². The van der Waals surface area contributed by atoms with E-state index in [1.807, 2.05) is 0 Å². The molecule has 1 aromatic heterocycles. The third kappa shape index (κ3) is 6.86. The Morgan fingerprint density at radius 2 is 0.696 bits per heavy atom. The van der Waals surface area contributed by atoms with E-state index in [-0.39, 0.29) is 0 Å². The average molecular weight is 878 g/mol. The predicted molar refractivity (Wildman–Crippen MR) is 285 cm³/mol. The van der Waals surface area contributed by atoms with E-state index in [4.69, 9.17) is 15.0 Å². The van der Waals surface area contributed by atoms with Crippen LogP contribution in [0.4, 0.5) is 0 Å². The fourth-order valence-electron chi connectivity index (χ4n) is 10.8. The lowest BCUT2D eigenvalue weighted by Gasteiger charge is -2.34. The van der Waals surface area contributed by atoms with Crippen molar-refractivity contribution in [2.45, 2.75) is 5.41 Å². The van der Waals surface area contributed by atoms with Gasteiger partial charge in [-0.25, -0.2) is 15.0 Å². The fraction of sp³-hybridized carbons (Fsp3) is 0.0152. The Hall–Kier alpha value is -9.05. The molecule has 0 saturated heterocycles. The zero-order valence-corrected chi connectivity index (χ0v) is 37.7. The van der Waals surface area contributed by atoms with Crippen LogP contribution < -0.4 is 0 Å². The zero-order chi connectivity index (χ0) is 45.7. The summed E-state index contributed by atoms with van der Waals surface area (Å²) in [5, 5.41) is 4.60. The van der Waals surface area contributed by atoms with Crippen LogP contribution in [0, 0.1) is 0 Å². The summed E-state index contributed by atoms with van der Waals surface area (Å²) in [6.07, 6.45) is 0. The molecule has 11 aromatic carbocycles. The lowest BCUT2D eigenvalue weighted by atomic mass is 9.67. The van der Waals surface area contributed by atoms with Crippen molar-refractivity contribution in [3.63, 3.8) is 0 Å². The molecule has 0 unspecified atom stereocenters. The SMILES string of the molecule is c1ccc(-c2cc(-c3ccccc3)cc(-c3ccc(-c4nc(-c5ccc6c(c5)C(c5ccccc5)(c5ccccc5)c5ccccc5-6)nc(-c5cccc6ccc7ccccc7c56)n4)cc3)c2)cc1. The number of aromatic nitrogens is 3. The van der Waals surface area contributed by atoms with Gasteiger partial charge in [0.15, 0.2) is 17.5 Å². The molecule has 69 heavy (non-hydrogen) atoms. The molecule has 0 aliphatic heterocycles. The largest absolute Gasteiger partial charge is 0.208 e. The van der Waals surface area contributed by atoms with Gasteiger partial charge >= 0.3 is 0 Å². The number of hydrogen-bond acceptors (Lipinski definition) is 3. The molecular formula is C66H43N3. The Kier molecular flexibility index (Phi) is 9.73. The maximum Gasteiger partial charge on any atom is 0.164 e. The lowest BCUT2D eigenvalue weighted by Crippen LogP contribution is -2.28. The first-order valence-corrected chi connectivity index (χ1v) is 23.6. The molecule has 1 aliphatic carbocycles. The summed E-state index contributed by atoms with van der Waals surface area (Å²) < 4.78 is 0. The first kappa shape index (κ1) is 40.2. The van der Waals surface area contributed by atoms with Crippen molar-refractivity contribution < 1.29 is 0 Å². The molecule has 0 fully saturated rings. The molecule has 0 saturated carbocycles. The van der Waals surface area contributed by atoms with Gasteiger partial charge in [-0.3, -0.25) is 0 Å². The highest BCUT2D eigenvalue weighted by atomic mass is 15.0. The van der Waals surface area contributed by atoms with Crippen LogP contribution >= 0.6 is 0 Å². The topological polar surface area (TPSA) is 38.7 Å². The van der Waals surface area contributed by atoms with Gasteiger partial charge in [0.1, 0.15) is 0 Å². The third-order valence-corrected chi connectivity index (χ3v) is 14.0. The van der Waals surface area contributed by atoms with E-state index in [1.54, 1.807) is 0 Å². The van der Waals surface area contributed by atoms with Gasteiger partial charge < -0.3 is 0 Å². The highest BCUT2D eigenvalue weighted by molar-refractivity contribution is 6.13. The van der Waals surface area contributed by atoms with E-state index < -0.39 is 5.41 Å². The summed E-state index contributed by atoms with van der Waals surface area (Å²) in [5.74, 6) is 1.86. The molecule has 3 nitrogen and oxygen atoms in total. The number of benzene rings is 11. The van der Waals surface area contributed by atoms with Crippen molar-refractivity contribution in [1.29, 1.82) is 0 Å². The summed E-state index contributed by atoms with van der Waals surface area (Å²) in [7, 11) is 0. The Morgan fingerprint density at radius 1 is 0.246 bits per heavy atom. The summed E-state index contributed by atoms with van der Waals surface area (Å²) in [6.45, 7) is 0. The quantitative estimate of drug-likeness (QED) is 0.143. The number of nitrogens with zero attached hydrogens (tertiary/aromatic N) is 3. The van der Waals surface area contributed by atoms with Crippen molar-refractivity contribution in [3.05, 3.63) is 283 Å². The first-order valence-electron chi connectivity index (χ1n) is 23.6.